The van der Waals surface area contributed by atoms with E-state index in [1.165, 1.54) is 48.7 Å². The molecule has 0 saturated carbocycles. The van der Waals surface area contributed by atoms with Crippen LogP contribution in [0.15, 0.2) is 41.4 Å². The Morgan fingerprint density at radius 1 is 1.21 bits per heavy atom. The van der Waals surface area contributed by atoms with E-state index >= 15 is 0 Å². The summed E-state index contributed by atoms with van der Waals surface area (Å²) in [4.78, 5) is 15.2. The van der Waals surface area contributed by atoms with Gasteiger partial charge in [-0.1, -0.05) is 30.7 Å². The lowest BCUT2D eigenvalue weighted by Crippen LogP contribution is -2.37. The van der Waals surface area contributed by atoms with Crippen molar-refractivity contribution in [2.75, 3.05) is 13.6 Å². The maximum absolute atomic E-state index is 12.7. The molecule has 1 saturated heterocycles. The van der Waals surface area contributed by atoms with Crippen molar-refractivity contribution in [3.8, 4) is 0 Å². The molecule has 0 radical (unpaired) electrons. The van der Waals surface area contributed by atoms with Crippen molar-refractivity contribution in [2.24, 2.45) is 7.05 Å². The number of benzene rings is 1. The number of aryl methyl sites for hydroxylation is 1. The van der Waals surface area contributed by atoms with Gasteiger partial charge < -0.3 is 9.88 Å². The SMILES string of the molecule is CNS(=O)(=O)c1cc(C(=O)NCc2ccccc2CN2CCCCC2C)n(C)c1. The van der Waals surface area contributed by atoms with E-state index < -0.39 is 10.0 Å². The highest BCUT2D eigenvalue weighted by Gasteiger charge is 2.21. The zero-order chi connectivity index (χ0) is 21.0. The fraction of sp³-hybridized carbons (Fsp3) is 0.476. The number of hydrogen-bond acceptors (Lipinski definition) is 4. The molecule has 1 aromatic heterocycles. The van der Waals surface area contributed by atoms with Crippen molar-refractivity contribution in [1.82, 2.24) is 19.5 Å². The topological polar surface area (TPSA) is 83.4 Å². The molecule has 8 heteroatoms. The third-order valence-corrected chi connectivity index (χ3v) is 7.04. The summed E-state index contributed by atoms with van der Waals surface area (Å²) in [5.74, 6) is -0.300. The van der Waals surface area contributed by atoms with Gasteiger partial charge in [0.1, 0.15) is 10.6 Å². The lowest BCUT2D eigenvalue weighted by atomic mass is 10.0. The number of carbonyl (C=O) groups is 1. The van der Waals surface area contributed by atoms with Crippen LogP contribution in [0.2, 0.25) is 0 Å². The fourth-order valence-electron chi connectivity index (χ4n) is 3.79. The lowest BCUT2D eigenvalue weighted by Gasteiger charge is -2.33. The second-order valence-corrected chi connectivity index (χ2v) is 9.53. The molecule has 0 bridgehead atoms. The second-order valence-electron chi connectivity index (χ2n) is 7.65. The Hall–Kier alpha value is -2.16. The van der Waals surface area contributed by atoms with Crippen LogP contribution in [0.5, 0.6) is 0 Å². The summed E-state index contributed by atoms with van der Waals surface area (Å²) in [6.45, 7) is 4.65. The number of sulfonamides is 1. The molecule has 0 spiro atoms. The Kier molecular flexibility index (Phi) is 6.77. The van der Waals surface area contributed by atoms with Crippen LogP contribution in [0.1, 0.15) is 47.8 Å². The molecule has 3 rings (SSSR count). The van der Waals surface area contributed by atoms with Gasteiger partial charge in [-0.2, -0.15) is 0 Å². The molecular weight excluding hydrogens is 388 g/mol. The number of carbonyl (C=O) groups excluding carboxylic acids is 1. The largest absolute Gasteiger partial charge is 0.347 e. The van der Waals surface area contributed by atoms with Crippen LogP contribution in [-0.4, -0.2) is 43.4 Å². The molecule has 7 nitrogen and oxygen atoms in total. The molecule has 2 aromatic rings. The minimum atomic E-state index is -3.59. The van der Waals surface area contributed by atoms with E-state index in [9.17, 15) is 13.2 Å². The van der Waals surface area contributed by atoms with Crippen LogP contribution in [0.4, 0.5) is 0 Å². The lowest BCUT2D eigenvalue weighted by molar-refractivity contribution is 0.0942. The second kappa shape index (κ2) is 9.11. The summed E-state index contributed by atoms with van der Waals surface area (Å²) in [5, 5.41) is 2.93. The van der Waals surface area contributed by atoms with Gasteiger partial charge in [-0.3, -0.25) is 9.69 Å². The van der Waals surface area contributed by atoms with Crippen molar-refractivity contribution >= 4 is 15.9 Å². The van der Waals surface area contributed by atoms with E-state index in [1.807, 2.05) is 18.2 Å². The number of hydrogen-bond donors (Lipinski definition) is 2. The Morgan fingerprint density at radius 3 is 2.62 bits per heavy atom. The van der Waals surface area contributed by atoms with Crippen molar-refractivity contribution in [1.29, 1.82) is 0 Å². The Bertz CT molecular complexity index is 968. The average Bonchev–Trinajstić information content (AvgIpc) is 3.11. The predicted octanol–water partition coefficient (Wildman–Crippen LogP) is 2.24. The summed E-state index contributed by atoms with van der Waals surface area (Å²) in [5.41, 5.74) is 2.60. The minimum Gasteiger partial charge on any atom is -0.347 e. The van der Waals surface area contributed by atoms with Crippen molar-refractivity contribution in [3.05, 3.63) is 53.3 Å². The number of rotatable bonds is 7. The number of nitrogens with one attached hydrogen (secondary N) is 2. The third-order valence-electron chi connectivity index (χ3n) is 5.66. The first-order chi connectivity index (χ1) is 13.8. The number of piperidine rings is 1. The molecule has 1 aliphatic rings. The first kappa shape index (κ1) is 21.5. The van der Waals surface area contributed by atoms with Gasteiger partial charge in [-0.15, -0.1) is 0 Å². The first-order valence-corrected chi connectivity index (χ1v) is 11.5. The number of amides is 1. The summed E-state index contributed by atoms with van der Waals surface area (Å²) in [7, 11) is -0.574. The average molecular weight is 419 g/mol. The van der Waals surface area contributed by atoms with Gasteiger partial charge >= 0.3 is 0 Å². The standard InChI is InChI=1S/C21H30N4O3S/c1-16-8-6-7-11-25(16)14-18-10-5-4-9-17(18)13-23-21(26)20-12-19(15-24(20)3)29(27,28)22-2/h4-5,9-10,12,15-16,22H,6-8,11,13-14H2,1-3H3,(H,23,26). The van der Waals surface area contributed by atoms with E-state index in [-0.39, 0.29) is 10.8 Å². The van der Waals surface area contributed by atoms with Crippen molar-refractivity contribution < 1.29 is 13.2 Å². The van der Waals surface area contributed by atoms with E-state index in [0.717, 1.165) is 18.7 Å². The van der Waals surface area contributed by atoms with Crippen molar-refractivity contribution in [2.45, 2.75) is 50.2 Å². The zero-order valence-corrected chi connectivity index (χ0v) is 18.1. The predicted molar refractivity (Wildman–Crippen MR) is 113 cm³/mol. The molecule has 1 aliphatic heterocycles. The molecule has 1 unspecified atom stereocenters. The van der Waals surface area contributed by atoms with Crippen LogP contribution in [0, 0.1) is 0 Å². The summed E-state index contributed by atoms with van der Waals surface area (Å²) >= 11 is 0. The summed E-state index contributed by atoms with van der Waals surface area (Å²) < 4.78 is 27.7. The molecular formula is C21H30N4O3S. The maximum Gasteiger partial charge on any atom is 0.268 e. The Morgan fingerprint density at radius 2 is 1.93 bits per heavy atom. The zero-order valence-electron chi connectivity index (χ0n) is 17.3. The molecule has 158 valence electrons. The van der Waals surface area contributed by atoms with Gasteiger partial charge in [0.2, 0.25) is 10.0 Å². The van der Waals surface area contributed by atoms with Crippen LogP contribution < -0.4 is 10.0 Å². The molecule has 1 atom stereocenters. The van der Waals surface area contributed by atoms with E-state index in [0.29, 0.717) is 18.3 Å². The molecule has 0 aliphatic carbocycles. The van der Waals surface area contributed by atoms with Gasteiger partial charge in [-0.25, -0.2) is 13.1 Å². The fourth-order valence-corrected chi connectivity index (χ4v) is 4.59. The Labute approximate surface area is 173 Å². The molecule has 1 aromatic carbocycles. The highest BCUT2D eigenvalue weighted by Crippen LogP contribution is 2.21. The van der Waals surface area contributed by atoms with Gasteiger partial charge in [-0.05, 0) is 50.6 Å². The summed E-state index contributed by atoms with van der Waals surface area (Å²) in [6, 6.07) is 10.1. The van der Waals surface area contributed by atoms with Gasteiger partial charge in [0.15, 0.2) is 0 Å². The monoisotopic (exact) mass is 418 g/mol. The van der Waals surface area contributed by atoms with Gasteiger partial charge in [0, 0.05) is 32.4 Å². The molecule has 29 heavy (non-hydrogen) atoms. The van der Waals surface area contributed by atoms with Crippen molar-refractivity contribution in [3.63, 3.8) is 0 Å². The van der Waals surface area contributed by atoms with Gasteiger partial charge in [0.05, 0.1) is 0 Å². The highest BCUT2D eigenvalue weighted by atomic mass is 32.2. The van der Waals surface area contributed by atoms with Crippen LogP contribution in [-0.2, 0) is 30.2 Å². The highest BCUT2D eigenvalue weighted by molar-refractivity contribution is 7.89. The smallest absolute Gasteiger partial charge is 0.268 e. The number of likely N-dealkylation sites (tertiary alicyclic amines) is 1. The summed E-state index contributed by atoms with van der Waals surface area (Å²) in [6.07, 6.45) is 5.18. The quantitative estimate of drug-likeness (QED) is 0.722. The molecule has 2 N–H and O–H groups in total. The molecule has 1 fully saturated rings. The van der Waals surface area contributed by atoms with Crippen LogP contribution in [0.3, 0.4) is 0 Å². The Balaban J connectivity index is 1.70. The van der Waals surface area contributed by atoms with Crippen LogP contribution in [0.25, 0.3) is 0 Å². The van der Waals surface area contributed by atoms with E-state index in [4.69, 9.17) is 0 Å². The number of nitrogens with zero attached hydrogens (tertiary/aromatic N) is 2. The maximum atomic E-state index is 12.7. The van der Waals surface area contributed by atoms with E-state index in [2.05, 4.69) is 27.9 Å². The minimum absolute atomic E-state index is 0.0761. The first-order valence-electron chi connectivity index (χ1n) is 10.0. The van der Waals surface area contributed by atoms with Crippen LogP contribution >= 0.6 is 0 Å². The van der Waals surface area contributed by atoms with E-state index in [1.54, 1.807) is 7.05 Å². The molecule has 2 heterocycles. The third kappa shape index (κ3) is 5.07. The molecule has 1 amide bonds. The number of aromatic nitrogens is 1. The van der Waals surface area contributed by atoms with Gasteiger partial charge in [0.25, 0.3) is 5.91 Å². The normalized spacial score (nSPS) is 18.0.